The number of hydrogen-bond donors (Lipinski definition) is 18. The van der Waals surface area contributed by atoms with Gasteiger partial charge in [0, 0.05) is 34.4 Å². The number of cyclic esters (lactones) is 1. The van der Waals surface area contributed by atoms with Crippen molar-refractivity contribution in [3.63, 3.8) is 0 Å². The number of fused-ring (bicyclic) bond motifs is 9. The van der Waals surface area contributed by atoms with Crippen LogP contribution in [0, 0.1) is 0 Å². The van der Waals surface area contributed by atoms with Gasteiger partial charge in [-0.25, -0.2) is 28.8 Å². The van der Waals surface area contributed by atoms with E-state index in [0.29, 0.717) is 42.5 Å². The average Bonchev–Trinajstić information content (AvgIpc) is 3.59. The molecule has 5 atom stereocenters. The molecule has 3 aliphatic heterocycles. The molecule has 0 amide bonds. The Kier molecular flexibility index (Phi) is 12.4. The second-order valence-corrected chi connectivity index (χ2v) is 16.9. The summed E-state index contributed by atoms with van der Waals surface area (Å²) in [7, 11) is 0. The van der Waals surface area contributed by atoms with Crippen LogP contribution in [0.3, 0.4) is 0 Å². The van der Waals surface area contributed by atoms with E-state index in [9.17, 15) is 121 Å². The molecule has 31 nitrogen and oxygen atoms in total. The van der Waals surface area contributed by atoms with E-state index in [4.69, 9.17) is 33.2 Å². The third kappa shape index (κ3) is 8.40. The van der Waals surface area contributed by atoms with Gasteiger partial charge in [0.15, 0.2) is 87.0 Å². The maximum absolute atomic E-state index is 14.8. The number of aromatic carboxylic acids is 1. The number of phenolic OH excluding ortho intramolecular Hbond substituents is 17. The van der Waals surface area contributed by atoms with Crippen LogP contribution >= 0.6 is 0 Å². The van der Waals surface area contributed by atoms with Crippen molar-refractivity contribution in [1.29, 1.82) is 0 Å². The molecule has 31 heteroatoms. The van der Waals surface area contributed by atoms with Gasteiger partial charge < -0.3 is 125 Å². The number of carbonyl (C=O) groups excluding carboxylic acids is 5. The monoisotopic (exact) mass is 1100 g/mol. The molecule has 6 aromatic rings. The summed E-state index contributed by atoms with van der Waals surface area (Å²) in [5, 5.41) is 191. The molecule has 79 heavy (non-hydrogen) atoms. The summed E-state index contributed by atoms with van der Waals surface area (Å²) in [6.07, 6.45) is -12.8. The summed E-state index contributed by atoms with van der Waals surface area (Å²) in [5.41, 5.74) is -11.5. The summed E-state index contributed by atoms with van der Waals surface area (Å²) >= 11 is 0. The highest BCUT2D eigenvalue weighted by molar-refractivity contribution is 6.10. The Morgan fingerprint density at radius 3 is 1.29 bits per heavy atom. The molecule has 3 heterocycles. The second-order valence-electron chi connectivity index (χ2n) is 16.9. The first-order chi connectivity index (χ1) is 37.1. The Hall–Kier alpha value is -11.5. The van der Waals surface area contributed by atoms with Gasteiger partial charge in [0.25, 0.3) is 0 Å². The molecule has 9 rings (SSSR count). The van der Waals surface area contributed by atoms with E-state index < -0.39 is 238 Å². The van der Waals surface area contributed by atoms with Gasteiger partial charge in [-0.2, -0.15) is 0 Å². The van der Waals surface area contributed by atoms with Crippen molar-refractivity contribution in [3.05, 3.63) is 75.8 Å². The Labute approximate surface area is 433 Å². The molecule has 0 bridgehead atoms. The van der Waals surface area contributed by atoms with E-state index >= 15 is 0 Å². The normalized spacial score (nSPS) is 18.7. The minimum atomic E-state index is -2.65. The molecule has 410 valence electrons. The second kappa shape index (κ2) is 18.7. The number of carboxylic acids is 1. The number of benzene rings is 6. The van der Waals surface area contributed by atoms with Crippen LogP contribution in [-0.4, -0.2) is 165 Å². The summed E-state index contributed by atoms with van der Waals surface area (Å²) in [6, 6.07) is 2.85. The van der Waals surface area contributed by atoms with Gasteiger partial charge in [0.1, 0.15) is 18.3 Å². The first kappa shape index (κ1) is 52.4. The zero-order valence-corrected chi connectivity index (χ0v) is 38.5. The van der Waals surface area contributed by atoms with Crippen molar-refractivity contribution in [2.45, 2.75) is 30.7 Å². The number of aromatic hydroxyl groups is 17. The topological polar surface area (TPSA) is 531 Å². The van der Waals surface area contributed by atoms with Crippen LogP contribution in [0.15, 0.2) is 42.5 Å². The van der Waals surface area contributed by atoms with Crippen LogP contribution in [0.25, 0.3) is 22.3 Å². The lowest BCUT2D eigenvalue weighted by atomic mass is 9.91. The lowest BCUT2D eigenvalue weighted by molar-refractivity contribution is -0.282. The number of phenols is 17. The number of ether oxygens (including phenoxy) is 7. The SMILES string of the molecule is O=C(O[C@@H]1O[C@@H]2COC(=O)c3cc(Oc4c(C(=O)O)cc(O)c(O)c4O)c(O)c(O)c3-c3c(cc(O)c(O)c3O)C(=O)O[C@H]2[C@@H]2OC(=O)c3cc(O)c(O)c(O)c3-c3c(cc(O)c(O)c3O)C(=O)O[C@@H]12)c1cc(O)c(O)c(O)c1. The van der Waals surface area contributed by atoms with Gasteiger partial charge in [-0.1, -0.05) is 0 Å². The van der Waals surface area contributed by atoms with Crippen molar-refractivity contribution in [3.8, 4) is 131 Å². The molecule has 0 unspecified atom stereocenters. The van der Waals surface area contributed by atoms with Gasteiger partial charge in [-0.05, 0) is 30.3 Å². The molecule has 1 fully saturated rings. The van der Waals surface area contributed by atoms with E-state index in [1.807, 2.05) is 0 Å². The Morgan fingerprint density at radius 1 is 0.430 bits per heavy atom. The van der Waals surface area contributed by atoms with Gasteiger partial charge >= 0.3 is 35.8 Å². The van der Waals surface area contributed by atoms with Gasteiger partial charge in [-0.3, -0.25) is 0 Å². The molecular weight excluding hydrogens is 1070 g/mol. The van der Waals surface area contributed by atoms with Gasteiger partial charge in [0.05, 0.1) is 27.8 Å². The fourth-order valence-corrected chi connectivity index (χ4v) is 8.50. The van der Waals surface area contributed by atoms with E-state index in [1.165, 1.54) is 0 Å². The highest BCUT2D eigenvalue weighted by Gasteiger charge is 2.56. The molecule has 6 aromatic carbocycles. The van der Waals surface area contributed by atoms with Crippen LogP contribution in [0.1, 0.15) is 62.1 Å². The number of esters is 5. The third-order valence-electron chi connectivity index (χ3n) is 12.3. The van der Waals surface area contributed by atoms with Gasteiger partial charge in [0.2, 0.25) is 46.9 Å². The maximum Gasteiger partial charge on any atom is 0.340 e. The van der Waals surface area contributed by atoms with Crippen LogP contribution < -0.4 is 4.74 Å². The number of carboxylic acid groups (broad SMARTS) is 1. The van der Waals surface area contributed by atoms with E-state index in [2.05, 4.69) is 0 Å². The zero-order valence-electron chi connectivity index (χ0n) is 38.5. The summed E-state index contributed by atoms with van der Waals surface area (Å²) < 4.78 is 39.3. The third-order valence-corrected chi connectivity index (χ3v) is 12.3. The zero-order chi connectivity index (χ0) is 57.7. The Bertz CT molecular complexity index is 3710. The number of hydrogen-bond acceptors (Lipinski definition) is 30. The molecule has 0 aromatic heterocycles. The first-order valence-corrected chi connectivity index (χ1v) is 21.7. The Balaban J connectivity index is 1.26. The molecule has 1 saturated heterocycles. The maximum atomic E-state index is 14.8. The smallest absolute Gasteiger partial charge is 0.340 e. The number of rotatable bonds is 5. The molecule has 3 aliphatic rings. The predicted molar refractivity (Wildman–Crippen MR) is 244 cm³/mol. The van der Waals surface area contributed by atoms with Crippen LogP contribution in [0.4, 0.5) is 0 Å². The fourth-order valence-electron chi connectivity index (χ4n) is 8.50. The quantitative estimate of drug-likeness (QED) is 0.0670. The summed E-state index contributed by atoms with van der Waals surface area (Å²) in [6.45, 7) is -1.41. The van der Waals surface area contributed by atoms with Crippen LogP contribution in [0.2, 0.25) is 0 Å². The molecule has 18 N–H and O–H groups in total. The summed E-state index contributed by atoms with van der Waals surface area (Å²) in [4.78, 5) is 84.3. The molecule has 0 aliphatic carbocycles. The van der Waals surface area contributed by atoms with Crippen molar-refractivity contribution in [2.75, 3.05) is 6.61 Å². The predicted octanol–water partition coefficient (Wildman–Crippen LogP) is 2.55. The van der Waals surface area contributed by atoms with E-state index in [-0.39, 0.29) is 0 Å². The highest BCUT2D eigenvalue weighted by Crippen LogP contribution is 2.57. The first-order valence-electron chi connectivity index (χ1n) is 21.7. The lowest BCUT2D eigenvalue weighted by Gasteiger charge is -2.44. The standard InChI is InChI=1S/C48H32O31/c49-15-1-9(2-16(50)27(15)55)43(68)79-48-41-40(77-46(71)11-4-18(52)28(56)33(61)23(11)24-12(47(72)78-41)5-19(53)29(57)34(24)62)39-22(75-48)8-73-44(69)13-7-21(74-38-14(42(66)67)6-20(54)31(59)37(38)65)32(60)36(64)26(13)25-10(45(70)76-39)3-17(51)30(58)35(25)63/h1-7,22,39-41,48-65H,8H2,(H,66,67)/t22-,39-,40+,41-,48+/m1/s1. The van der Waals surface area contributed by atoms with Crippen molar-refractivity contribution >= 4 is 35.8 Å². The molecular formula is C48H32O31. The Morgan fingerprint density at radius 2 is 0.823 bits per heavy atom. The van der Waals surface area contributed by atoms with Crippen molar-refractivity contribution in [1.82, 2.24) is 0 Å². The number of carbonyl (C=O) groups is 6. The largest absolute Gasteiger partial charge is 0.504 e. The van der Waals surface area contributed by atoms with E-state index in [0.717, 1.165) is 0 Å². The van der Waals surface area contributed by atoms with Crippen molar-refractivity contribution < 1.29 is 154 Å². The van der Waals surface area contributed by atoms with Crippen LogP contribution in [-0.2, 0) is 28.4 Å². The lowest BCUT2D eigenvalue weighted by Crippen LogP contribution is -2.63. The fraction of sp³-hybridized carbons (Fsp3) is 0.125. The van der Waals surface area contributed by atoms with E-state index in [1.54, 1.807) is 0 Å². The molecule has 0 saturated carbocycles. The minimum Gasteiger partial charge on any atom is -0.504 e. The minimum absolute atomic E-state index is 0.319. The summed E-state index contributed by atoms with van der Waals surface area (Å²) in [5.74, 6) is -37.3. The molecule has 0 radical (unpaired) electrons. The molecule has 0 spiro atoms. The van der Waals surface area contributed by atoms with Crippen LogP contribution in [0.5, 0.6) is 109 Å². The highest BCUT2D eigenvalue weighted by atomic mass is 16.7. The average molecular weight is 1100 g/mol. The van der Waals surface area contributed by atoms with Crippen molar-refractivity contribution in [2.24, 2.45) is 0 Å². The van der Waals surface area contributed by atoms with Gasteiger partial charge in [-0.15, -0.1) is 0 Å².